The molecule has 1 aromatic heterocycles. The van der Waals surface area contributed by atoms with Gasteiger partial charge in [-0.3, -0.25) is 0 Å². The second-order valence-electron chi connectivity index (χ2n) is 4.60. The van der Waals surface area contributed by atoms with Crippen LogP contribution in [0.2, 0.25) is 0 Å². The second kappa shape index (κ2) is 6.85. The average molecular weight is 270 g/mol. The molecule has 0 aliphatic carbocycles. The topological polar surface area (TPSA) is 30.2 Å². The van der Waals surface area contributed by atoms with Crippen molar-refractivity contribution in [1.29, 1.82) is 0 Å². The third kappa shape index (κ3) is 3.23. The zero-order chi connectivity index (χ0) is 14.4. The summed E-state index contributed by atoms with van der Waals surface area (Å²) in [6, 6.07) is 11.9. The number of hydrogen-bond acceptors (Lipinski definition) is 2. The molecule has 0 aliphatic rings. The summed E-state index contributed by atoms with van der Waals surface area (Å²) in [6.45, 7) is 5.31. The largest absolute Gasteiger partial charge is 0.462 e. The van der Waals surface area contributed by atoms with Gasteiger partial charge in [0.15, 0.2) is 12.4 Å². The Morgan fingerprint density at radius 2 is 1.90 bits per heavy atom. The lowest BCUT2D eigenvalue weighted by atomic mass is 10.0. The molecular formula is C17H20NO2+. The van der Waals surface area contributed by atoms with E-state index in [2.05, 4.69) is 0 Å². The Labute approximate surface area is 119 Å². The number of rotatable bonds is 5. The van der Waals surface area contributed by atoms with E-state index in [0.29, 0.717) is 12.2 Å². The van der Waals surface area contributed by atoms with Gasteiger partial charge < -0.3 is 4.74 Å². The predicted molar refractivity (Wildman–Crippen MR) is 78.3 cm³/mol. The standard InChI is InChI=1S/C17H20NO2/c1-3-12-20-17(19)16-13-18(4-2)11-10-15(16)14-8-6-5-7-9-14/h5-11,13H,3-4,12H2,1-2H3/q+1. The number of esters is 1. The average Bonchev–Trinajstić information content (AvgIpc) is 2.52. The fraction of sp³-hybridized carbons (Fsp3) is 0.294. The molecule has 2 aromatic rings. The summed E-state index contributed by atoms with van der Waals surface area (Å²) in [6.07, 6.45) is 4.67. The van der Waals surface area contributed by atoms with Gasteiger partial charge >= 0.3 is 5.97 Å². The molecule has 2 rings (SSSR count). The minimum absolute atomic E-state index is 0.256. The van der Waals surface area contributed by atoms with Gasteiger partial charge in [-0.2, -0.15) is 0 Å². The molecule has 0 saturated carbocycles. The molecule has 0 unspecified atom stereocenters. The number of benzene rings is 1. The first-order valence-corrected chi connectivity index (χ1v) is 7.02. The van der Waals surface area contributed by atoms with Crippen molar-refractivity contribution in [1.82, 2.24) is 0 Å². The van der Waals surface area contributed by atoms with E-state index in [-0.39, 0.29) is 5.97 Å². The lowest BCUT2D eigenvalue weighted by Crippen LogP contribution is -2.32. The zero-order valence-electron chi connectivity index (χ0n) is 12.0. The van der Waals surface area contributed by atoms with Crippen LogP contribution in [0, 0.1) is 0 Å². The molecule has 3 nitrogen and oxygen atoms in total. The van der Waals surface area contributed by atoms with E-state index in [1.807, 2.05) is 67.2 Å². The highest BCUT2D eigenvalue weighted by Gasteiger charge is 2.18. The van der Waals surface area contributed by atoms with Crippen LogP contribution in [0.1, 0.15) is 30.6 Å². The normalized spacial score (nSPS) is 10.3. The SMILES string of the molecule is CCCOC(=O)c1c[n+](CC)ccc1-c1ccccc1. The Morgan fingerprint density at radius 1 is 1.15 bits per heavy atom. The number of carbonyl (C=O) groups is 1. The summed E-state index contributed by atoms with van der Waals surface area (Å²) in [5.41, 5.74) is 2.56. The molecule has 0 amide bonds. The van der Waals surface area contributed by atoms with E-state index >= 15 is 0 Å². The van der Waals surface area contributed by atoms with Crippen LogP contribution < -0.4 is 4.57 Å². The highest BCUT2D eigenvalue weighted by Crippen LogP contribution is 2.22. The lowest BCUT2D eigenvalue weighted by molar-refractivity contribution is -0.693. The molecule has 1 aromatic carbocycles. The van der Waals surface area contributed by atoms with Crippen molar-refractivity contribution >= 4 is 5.97 Å². The van der Waals surface area contributed by atoms with Crippen LogP contribution in [0.15, 0.2) is 48.8 Å². The van der Waals surface area contributed by atoms with Crippen molar-refractivity contribution in [2.75, 3.05) is 6.61 Å². The van der Waals surface area contributed by atoms with Crippen LogP contribution in [0.4, 0.5) is 0 Å². The van der Waals surface area contributed by atoms with Crippen LogP contribution in [-0.2, 0) is 11.3 Å². The summed E-state index contributed by atoms with van der Waals surface area (Å²) in [5.74, 6) is -0.256. The maximum absolute atomic E-state index is 12.2. The summed E-state index contributed by atoms with van der Waals surface area (Å²) in [7, 11) is 0. The quantitative estimate of drug-likeness (QED) is 0.617. The first-order valence-electron chi connectivity index (χ1n) is 7.02. The van der Waals surface area contributed by atoms with Gasteiger partial charge in [0.1, 0.15) is 12.1 Å². The minimum Gasteiger partial charge on any atom is -0.462 e. The molecule has 0 N–H and O–H groups in total. The molecule has 0 fully saturated rings. The Balaban J connectivity index is 2.43. The van der Waals surface area contributed by atoms with Crippen LogP contribution in [-0.4, -0.2) is 12.6 Å². The number of carbonyl (C=O) groups excluding carboxylic acids is 1. The van der Waals surface area contributed by atoms with Crippen LogP contribution in [0.5, 0.6) is 0 Å². The molecule has 0 bridgehead atoms. The van der Waals surface area contributed by atoms with Gasteiger partial charge in [0.2, 0.25) is 0 Å². The third-order valence-electron chi connectivity index (χ3n) is 3.12. The number of hydrogen-bond donors (Lipinski definition) is 0. The highest BCUT2D eigenvalue weighted by molar-refractivity contribution is 5.96. The second-order valence-corrected chi connectivity index (χ2v) is 4.60. The number of nitrogens with zero attached hydrogens (tertiary/aromatic N) is 1. The summed E-state index contributed by atoms with van der Waals surface area (Å²) >= 11 is 0. The molecule has 0 radical (unpaired) electrons. The Morgan fingerprint density at radius 3 is 2.55 bits per heavy atom. The van der Waals surface area contributed by atoms with Crippen molar-refractivity contribution < 1.29 is 14.1 Å². The molecule has 1 heterocycles. The highest BCUT2D eigenvalue weighted by atomic mass is 16.5. The van der Waals surface area contributed by atoms with Crippen molar-refractivity contribution in [3.8, 4) is 11.1 Å². The molecule has 0 atom stereocenters. The first kappa shape index (κ1) is 14.3. The van der Waals surface area contributed by atoms with Crippen molar-refractivity contribution in [3.63, 3.8) is 0 Å². The molecule has 20 heavy (non-hydrogen) atoms. The van der Waals surface area contributed by atoms with E-state index < -0.39 is 0 Å². The minimum atomic E-state index is -0.256. The van der Waals surface area contributed by atoms with E-state index in [0.717, 1.165) is 24.1 Å². The molecule has 3 heteroatoms. The third-order valence-corrected chi connectivity index (χ3v) is 3.12. The Bertz CT molecular complexity index is 579. The molecule has 104 valence electrons. The van der Waals surface area contributed by atoms with Gasteiger partial charge in [0.05, 0.1) is 6.61 Å². The van der Waals surface area contributed by atoms with Gasteiger partial charge in [-0.1, -0.05) is 37.3 Å². The predicted octanol–water partition coefficient (Wildman–Crippen LogP) is 3.23. The molecular weight excluding hydrogens is 250 g/mol. The monoisotopic (exact) mass is 270 g/mol. The summed E-state index contributed by atoms with van der Waals surface area (Å²) in [5, 5.41) is 0. The molecule has 0 aliphatic heterocycles. The lowest BCUT2D eigenvalue weighted by Gasteiger charge is -2.08. The van der Waals surface area contributed by atoms with Crippen molar-refractivity contribution in [2.24, 2.45) is 0 Å². The van der Waals surface area contributed by atoms with Gasteiger partial charge in [-0.25, -0.2) is 9.36 Å². The van der Waals surface area contributed by atoms with Crippen LogP contribution in [0.3, 0.4) is 0 Å². The zero-order valence-corrected chi connectivity index (χ0v) is 12.0. The Hall–Kier alpha value is -2.16. The maximum atomic E-state index is 12.2. The van der Waals surface area contributed by atoms with E-state index in [1.54, 1.807) is 0 Å². The number of pyridine rings is 1. The molecule has 0 spiro atoms. The first-order chi connectivity index (χ1) is 9.76. The van der Waals surface area contributed by atoms with Gasteiger partial charge in [-0.05, 0) is 18.9 Å². The van der Waals surface area contributed by atoms with Crippen molar-refractivity contribution in [2.45, 2.75) is 26.8 Å². The van der Waals surface area contributed by atoms with Crippen LogP contribution in [0.25, 0.3) is 11.1 Å². The summed E-state index contributed by atoms with van der Waals surface area (Å²) in [4.78, 5) is 12.2. The van der Waals surface area contributed by atoms with E-state index in [4.69, 9.17) is 4.74 Å². The van der Waals surface area contributed by atoms with Crippen LogP contribution >= 0.6 is 0 Å². The number of aryl methyl sites for hydroxylation is 1. The van der Waals surface area contributed by atoms with Gasteiger partial charge in [0.25, 0.3) is 0 Å². The number of ether oxygens (including phenoxy) is 1. The fourth-order valence-electron chi connectivity index (χ4n) is 2.04. The van der Waals surface area contributed by atoms with E-state index in [1.165, 1.54) is 0 Å². The summed E-state index contributed by atoms with van der Waals surface area (Å²) < 4.78 is 7.27. The number of aromatic nitrogens is 1. The Kier molecular flexibility index (Phi) is 4.88. The van der Waals surface area contributed by atoms with Gasteiger partial charge in [0, 0.05) is 11.6 Å². The van der Waals surface area contributed by atoms with E-state index in [9.17, 15) is 4.79 Å². The fourth-order valence-corrected chi connectivity index (χ4v) is 2.04. The molecule has 0 saturated heterocycles. The van der Waals surface area contributed by atoms with Crippen molar-refractivity contribution in [3.05, 3.63) is 54.4 Å². The smallest absolute Gasteiger partial charge is 0.344 e. The maximum Gasteiger partial charge on any atom is 0.344 e. The van der Waals surface area contributed by atoms with Gasteiger partial charge in [-0.15, -0.1) is 0 Å².